The first-order valence-corrected chi connectivity index (χ1v) is 7.55. The van der Waals surface area contributed by atoms with E-state index in [4.69, 9.17) is 0 Å². The largest absolute Gasteiger partial charge is 0.328 e. The molecule has 3 nitrogen and oxygen atoms in total. The molecule has 1 aliphatic rings. The summed E-state index contributed by atoms with van der Waals surface area (Å²) >= 11 is 0. The Hall–Kier alpha value is -3.07. The van der Waals surface area contributed by atoms with Crippen LogP contribution >= 0.6 is 0 Å². The summed E-state index contributed by atoms with van der Waals surface area (Å²) in [5.41, 5.74) is 2.99. The van der Waals surface area contributed by atoms with Crippen LogP contribution in [-0.4, -0.2) is 12.1 Å². The standard InChI is InChI=1S/C20H18N2O/c23-20-21-18(13-11-16-7-3-1-4-8-16)15-19(22-20)14-12-17-9-5-2-6-10-17/h1-15,18H,(H2,21,22,23)/b13-11-,14-12+. The number of nitrogens with one attached hydrogen (secondary N) is 2. The zero-order chi connectivity index (χ0) is 15.9. The molecule has 0 saturated heterocycles. The minimum absolute atomic E-state index is 0.126. The van der Waals surface area contributed by atoms with Crippen LogP contribution in [0.5, 0.6) is 0 Å². The third-order valence-electron chi connectivity index (χ3n) is 3.47. The highest BCUT2D eigenvalue weighted by atomic mass is 16.2. The fourth-order valence-electron chi connectivity index (χ4n) is 2.33. The van der Waals surface area contributed by atoms with Crippen molar-refractivity contribution in [2.75, 3.05) is 0 Å². The molecule has 2 N–H and O–H groups in total. The van der Waals surface area contributed by atoms with Crippen molar-refractivity contribution in [1.82, 2.24) is 10.6 Å². The smallest absolute Gasteiger partial charge is 0.319 e. The number of urea groups is 1. The molecule has 0 spiro atoms. The maximum Gasteiger partial charge on any atom is 0.319 e. The quantitative estimate of drug-likeness (QED) is 0.881. The van der Waals surface area contributed by atoms with Crippen molar-refractivity contribution < 1.29 is 4.79 Å². The lowest BCUT2D eigenvalue weighted by Crippen LogP contribution is -2.44. The molecule has 0 bridgehead atoms. The number of rotatable bonds is 4. The van der Waals surface area contributed by atoms with Crippen molar-refractivity contribution in [2.45, 2.75) is 6.04 Å². The van der Waals surface area contributed by atoms with Gasteiger partial charge in [0.1, 0.15) is 0 Å². The van der Waals surface area contributed by atoms with Gasteiger partial charge in [0.2, 0.25) is 0 Å². The summed E-state index contributed by atoms with van der Waals surface area (Å²) in [5.74, 6) is 0. The highest BCUT2D eigenvalue weighted by Crippen LogP contribution is 2.09. The second-order valence-corrected chi connectivity index (χ2v) is 5.26. The molecule has 3 rings (SSSR count). The molecule has 23 heavy (non-hydrogen) atoms. The van der Waals surface area contributed by atoms with Crippen LogP contribution < -0.4 is 10.6 Å². The molecule has 0 aromatic heterocycles. The summed E-state index contributed by atoms with van der Waals surface area (Å²) in [6.07, 6.45) is 9.86. The molecular formula is C20H18N2O. The van der Waals surface area contributed by atoms with E-state index in [1.807, 2.05) is 91.0 Å². The number of hydrogen-bond acceptors (Lipinski definition) is 1. The highest BCUT2D eigenvalue weighted by Gasteiger charge is 2.14. The lowest BCUT2D eigenvalue weighted by Gasteiger charge is -2.19. The van der Waals surface area contributed by atoms with Gasteiger partial charge in [0.05, 0.1) is 6.04 Å². The predicted octanol–water partition coefficient (Wildman–Crippen LogP) is 3.98. The molecule has 3 heteroatoms. The molecule has 1 atom stereocenters. The summed E-state index contributed by atoms with van der Waals surface area (Å²) in [7, 11) is 0. The van der Waals surface area contributed by atoms with Gasteiger partial charge in [-0.1, -0.05) is 78.9 Å². The van der Waals surface area contributed by atoms with E-state index >= 15 is 0 Å². The van der Waals surface area contributed by atoms with E-state index in [2.05, 4.69) is 10.6 Å². The Morgan fingerprint density at radius 3 is 2.04 bits per heavy atom. The fourth-order valence-corrected chi connectivity index (χ4v) is 2.33. The Labute approximate surface area is 136 Å². The Balaban J connectivity index is 1.73. The lowest BCUT2D eigenvalue weighted by atomic mass is 10.1. The maximum atomic E-state index is 11.8. The van der Waals surface area contributed by atoms with Crippen molar-refractivity contribution in [3.63, 3.8) is 0 Å². The van der Waals surface area contributed by atoms with Crippen LogP contribution in [0.15, 0.2) is 84.6 Å². The average molecular weight is 302 g/mol. The Bertz CT molecular complexity index is 746. The van der Waals surface area contributed by atoms with Crippen molar-refractivity contribution >= 4 is 18.2 Å². The van der Waals surface area contributed by atoms with Gasteiger partial charge in [-0.25, -0.2) is 4.79 Å². The second kappa shape index (κ2) is 7.27. The lowest BCUT2D eigenvalue weighted by molar-refractivity contribution is 0.241. The molecule has 1 heterocycles. The van der Waals surface area contributed by atoms with Crippen LogP contribution in [0.4, 0.5) is 4.79 Å². The van der Waals surface area contributed by atoms with E-state index in [1.165, 1.54) is 0 Å². The summed E-state index contributed by atoms with van der Waals surface area (Å²) in [5, 5.41) is 5.67. The molecular weight excluding hydrogens is 284 g/mol. The zero-order valence-corrected chi connectivity index (χ0v) is 12.6. The van der Waals surface area contributed by atoms with Crippen LogP contribution in [0.25, 0.3) is 12.2 Å². The molecule has 0 radical (unpaired) electrons. The Kier molecular flexibility index (Phi) is 4.69. The molecule has 1 aliphatic heterocycles. The minimum Gasteiger partial charge on any atom is -0.328 e. The molecule has 1 unspecified atom stereocenters. The monoisotopic (exact) mass is 302 g/mol. The van der Waals surface area contributed by atoms with E-state index in [0.29, 0.717) is 0 Å². The molecule has 2 aromatic rings. The number of allylic oxidation sites excluding steroid dienone is 1. The SMILES string of the molecule is O=C1NC(/C=C/c2ccccc2)=CC(/C=C\c2ccccc2)N1. The zero-order valence-electron chi connectivity index (χ0n) is 12.6. The third kappa shape index (κ3) is 4.45. The molecule has 114 valence electrons. The number of hydrogen-bond donors (Lipinski definition) is 2. The van der Waals surface area contributed by atoms with E-state index in [9.17, 15) is 4.79 Å². The van der Waals surface area contributed by atoms with Gasteiger partial charge in [-0.15, -0.1) is 0 Å². The minimum atomic E-state index is -0.192. The van der Waals surface area contributed by atoms with Crippen LogP contribution in [0.2, 0.25) is 0 Å². The number of carbonyl (C=O) groups is 1. The second-order valence-electron chi connectivity index (χ2n) is 5.26. The van der Waals surface area contributed by atoms with Crippen molar-refractivity contribution in [3.05, 3.63) is 95.7 Å². The number of carbonyl (C=O) groups excluding carboxylic acids is 1. The molecule has 0 aliphatic carbocycles. The predicted molar refractivity (Wildman–Crippen MR) is 94.5 cm³/mol. The maximum absolute atomic E-state index is 11.8. The van der Waals surface area contributed by atoms with Crippen LogP contribution in [0, 0.1) is 0 Å². The normalized spacial score (nSPS) is 17.8. The van der Waals surface area contributed by atoms with Gasteiger partial charge in [0.15, 0.2) is 0 Å². The molecule has 0 saturated carbocycles. The van der Waals surface area contributed by atoms with Gasteiger partial charge < -0.3 is 10.6 Å². The van der Waals surface area contributed by atoms with Gasteiger partial charge >= 0.3 is 6.03 Å². The van der Waals surface area contributed by atoms with Crippen LogP contribution in [0.3, 0.4) is 0 Å². The van der Waals surface area contributed by atoms with Crippen LogP contribution in [-0.2, 0) is 0 Å². The molecule has 2 aromatic carbocycles. The molecule has 2 amide bonds. The van der Waals surface area contributed by atoms with E-state index < -0.39 is 0 Å². The summed E-state index contributed by atoms with van der Waals surface area (Å²) < 4.78 is 0. The van der Waals surface area contributed by atoms with Gasteiger partial charge in [0, 0.05) is 5.70 Å². The average Bonchev–Trinajstić information content (AvgIpc) is 2.60. The number of benzene rings is 2. The summed E-state index contributed by atoms with van der Waals surface area (Å²) in [6.45, 7) is 0. The topological polar surface area (TPSA) is 41.1 Å². The number of amides is 2. The van der Waals surface area contributed by atoms with E-state index in [0.717, 1.165) is 16.8 Å². The van der Waals surface area contributed by atoms with Crippen molar-refractivity contribution in [2.24, 2.45) is 0 Å². The van der Waals surface area contributed by atoms with Gasteiger partial charge in [-0.2, -0.15) is 0 Å². The Morgan fingerprint density at radius 1 is 0.783 bits per heavy atom. The van der Waals surface area contributed by atoms with E-state index in [1.54, 1.807) is 0 Å². The summed E-state index contributed by atoms with van der Waals surface area (Å²) in [6, 6.07) is 19.7. The molecule has 0 fully saturated rings. The summed E-state index contributed by atoms with van der Waals surface area (Å²) in [4.78, 5) is 11.8. The van der Waals surface area contributed by atoms with Crippen molar-refractivity contribution in [3.8, 4) is 0 Å². The van der Waals surface area contributed by atoms with Crippen LogP contribution in [0.1, 0.15) is 11.1 Å². The van der Waals surface area contributed by atoms with E-state index in [-0.39, 0.29) is 12.1 Å². The fraction of sp³-hybridized carbons (Fsp3) is 0.0500. The third-order valence-corrected chi connectivity index (χ3v) is 3.47. The Morgan fingerprint density at radius 2 is 1.39 bits per heavy atom. The van der Waals surface area contributed by atoms with Gasteiger partial charge in [-0.3, -0.25) is 0 Å². The van der Waals surface area contributed by atoms with Gasteiger partial charge in [-0.05, 0) is 23.3 Å². The first-order valence-electron chi connectivity index (χ1n) is 7.55. The first-order chi connectivity index (χ1) is 11.3. The highest BCUT2D eigenvalue weighted by molar-refractivity contribution is 5.79. The first kappa shape index (κ1) is 14.9. The van der Waals surface area contributed by atoms with Gasteiger partial charge in [0.25, 0.3) is 0 Å². The van der Waals surface area contributed by atoms with Crippen molar-refractivity contribution in [1.29, 1.82) is 0 Å².